The molecule has 10 heteroatoms. The second-order valence-electron chi connectivity index (χ2n) is 6.39. The zero-order chi connectivity index (χ0) is 23.2. The first-order valence-electron chi connectivity index (χ1n) is 9.21. The van der Waals surface area contributed by atoms with E-state index >= 15 is 0 Å². The van der Waals surface area contributed by atoms with E-state index in [9.17, 15) is 22.8 Å². The van der Waals surface area contributed by atoms with Gasteiger partial charge in [-0.25, -0.2) is 0 Å². The molecule has 0 fully saturated rings. The number of halogens is 3. The predicted octanol–water partition coefficient (Wildman–Crippen LogP) is 3.88. The fraction of sp³-hybridized carbons (Fsp3) is 0.333. The fourth-order valence-electron chi connectivity index (χ4n) is 2.89. The molecule has 2 aromatic carbocycles. The van der Waals surface area contributed by atoms with Gasteiger partial charge in [-0.05, 0) is 36.8 Å². The Morgan fingerprint density at radius 2 is 1.61 bits per heavy atom. The summed E-state index contributed by atoms with van der Waals surface area (Å²) < 4.78 is 53.9. The Hall–Kier alpha value is -3.43. The molecular weight excluding hydrogens is 417 g/mol. The summed E-state index contributed by atoms with van der Waals surface area (Å²) in [5.74, 6) is -1.48. The Morgan fingerprint density at radius 1 is 1.00 bits per heavy atom. The number of benzene rings is 2. The maximum Gasteiger partial charge on any atom is 0.471 e. The molecule has 7 nitrogen and oxygen atoms in total. The lowest BCUT2D eigenvalue weighted by Gasteiger charge is -2.22. The molecule has 0 aliphatic heterocycles. The molecule has 0 aromatic heterocycles. The van der Waals surface area contributed by atoms with Gasteiger partial charge in [-0.15, -0.1) is 0 Å². The van der Waals surface area contributed by atoms with E-state index in [1.165, 1.54) is 46.5 Å². The number of ether oxygens (including phenoxy) is 3. The van der Waals surface area contributed by atoms with Crippen LogP contribution in [0.2, 0.25) is 0 Å². The molecule has 0 aliphatic rings. The van der Waals surface area contributed by atoms with Crippen LogP contribution in [0.25, 0.3) is 0 Å². The van der Waals surface area contributed by atoms with E-state index in [-0.39, 0.29) is 18.7 Å². The second-order valence-corrected chi connectivity index (χ2v) is 6.39. The Bertz CT molecular complexity index is 922. The molecule has 2 rings (SSSR count). The molecule has 0 saturated heterocycles. The monoisotopic (exact) mass is 440 g/mol. The summed E-state index contributed by atoms with van der Waals surface area (Å²) >= 11 is 0. The molecule has 1 N–H and O–H groups in total. The quantitative estimate of drug-likeness (QED) is 0.674. The third-order valence-corrected chi connectivity index (χ3v) is 4.40. The van der Waals surface area contributed by atoms with Gasteiger partial charge in [0.1, 0.15) is 0 Å². The number of hydrogen-bond donors (Lipinski definition) is 1. The normalized spacial score (nSPS) is 10.9. The molecule has 0 unspecified atom stereocenters. The average molecular weight is 440 g/mol. The Balaban J connectivity index is 2.23. The highest BCUT2D eigenvalue weighted by Gasteiger charge is 2.41. The van der Waals surface area contributed by atoms with Crippen molar-refractivity contribution in [3.63, 3.8) is 0 Å². The zero-order valence-electron chi connectivity index (χ0n) is 17.5. The Labute approximate surface area is 177 Å². The lowest BCUT2D eigenvalue weighted by atomic mass is 10.1. The van der Waals surface area contributed by atoms with E-state index in [4.69, 9.17) is 14.2 Å². The molecule has 2 aromatic rings. The average Bonchev–Trinajstić information content (AvgIpc) is 2.75. The molecule has 0 aliphatic carbocycles. The van der Waals surface area contributed by atoms with Gasteiger partial charge in [-0.1, -0.05) is 12.1 Å². The van der Waals surface area contributed by atoms with Crippen molar-refractivity contribution in [1.82, 2.24) is 4.90 Å². The van der Waals surface area contributed by atoms with Crippen LogP contribution in [0.5, 0.6) is 17.2 Å². The molecule has 31 heavy (non-hydrogen) atoms. The van der Waals surface area contributed by atoms with Gasteiger partial charge in [0.15, 0.2) is 11.5 Å². The summed E-state index contributed by atoms with van der Waals surface area (Å²) in [6.07, 6.45) is -4.95. The van der Waals surface area contributed by atoms with Gasteiger partial charge in [0.05, 0.1) is 21.3 Å². The third kappa shape index (κ3) is 5.80. The van der Waals surface area contributed by atoms with Crippen LogP contribution >= 0.6 is 0 Å². The molecular formula is C21H23F3N2O5. The van der Waals surface area contributed by atoms with Gasteiger partial charge < -0.3 is 24.4 Å². The van der Waals surface area contributed by atoms with Crippen LogP contribution in [0, 0.1) is 0 Å². The molecule has 168 valence electrons. The minimum Gasteiger partial charge on any atom is -0.493 e. The van der Waals surface area contributed by atoms with Crippen molar-refractivity contribution in [3.05, 3.63) is 47.5 Å². The highest BCUT2D eigenvalue weighted by atomic mass is 19.4. The largest absolute Gasteiger partial charge is 0.493 e. The van der Waals surface area contributed by atoms with Crippen molar-refractivity contribution < 1.29 is 37.0 Å². The number of nitrogens with zero attached hydrogens (tertiary/aromatic N) is 1. The summed E-state index contributed by atoms with van der Waals surface area (Å²) in [5.41, 5.74) is 1.01. The zero-order valence-corrected chi connectivity index (χ0v) is 17.5. The molecule has 0 radical (unpaired) electrons. The van der Waals surface area contributed by atoms with E-state index in [1.54, 1.807) is 18.2 Å². The first-order valence-corrected chi connectivity index (χ1v) is 9.21. The van der Waals surface area contributed by atoms with Gasteiger partial charge in [0, 0.05) is 24.3 Å². The summed E-state index contributed by atoms with van der Waals surface area (Å²) in [6, 6.07) is 9.18. The summed E-state index contributed by atoms with van der Waals surface area (Å²) in [5, 5.41) is 2.67. The van der Waals surface area contributed by atoms with Crippen LogP contribution in [0.4, 0.5) is 18.9 Å². The highest BCUT2D eigenvalue weighted by Crippen LogP contribution is 2.38. The summed E-state index contributed by atoms with van der Waals surface area (Å²) in [6.45, 7) is 1.10. The molecule has 0 heterocycles. The van der Waals surface area contributed by atoms with Crippen molar-refractivity contribution in [2.24, 2.45) is 0 Å². The Morgan fingerprint density at radius 3 is 2.10 bits per heavy atom. The van der Waals surface area contributed by atoms with E-state index in [1.807, 2.05) is 0 Å². The van der Waals surface area contributed by atoms with Gasteiger partial charge >= 0.3 is 12.1 Å². The maximum absolute atomic E-state index is 12.7. The van der Waals surface area contributed by atoms with Crippen molar-refractivity contribution >= 4 is 17.5 Å². The lowest BCUT2D eigenvalue weighted by molar-refractivity contribution is -0.185. The number of nitrogens with one attached hydrogen (secondary N) is 1. The number of carbonyl (C=O) groups is 2. The first kappa shape index (κ1) is 23.8. The number of alkyl halides is 3. The summed E-state index contributed by atoms with van der Waals surface area (Å²) in [4.78, 5) is 24.9. The van der Waals surface area contributed by atoms with E-state index in [2.05, 4.69) is 5.32 Å². The number of carbonyl (C=O) groups excluding carboxylic acids is 2. The molecule has 0 spiro atoms. The maximum atomic E-state index is 12.7. The van der Waals surface area contributed by atoms with Gasteiger partial charge in [0.25, 0.3) is 5.91 Å². The van der Waals surface area contributed by atoms with Crippen LogP contribution < -0.4 is 19.5 Å². The van der Waals surface area contributed by atoms with Crippen molar-refractivity contribution in [1.29, 1.82) is 0 Å². The second kappa shape index (κ2) is 10.1. The minimum atomic E-state index is -4.95. The number of hydrogen-bond acceptors (Lipinski definition) is 5. The molecule has 0 saturated carbocycles. The SMILES string of the molecule is CCN(Cc1cccc(NC(=O)c2cc(OC)c(OC)c(OC)c2)c1)C(=O)C(F)(F)F. The predicted molar refractivity (Wildman–Crippen MR) is 108 cm³/mol. The molecule has 2 amide bonds. The van der Waals surface area contributed by atoms with Crippen LogP contribution in [0.15, 0.2) is 36.4 Å². The van der Waals surface area contributed by atoms with E-state index < -0.39 is 18.0 Å². The standard InChI is InChI=1S/C21H23F3N2O5/c1-5-26(20(28)21(22,23)24)12-13-7-6-8-15(9-13)25-19(27)14-10-16(29-2)18(31-4)17(11-14)30-3/h6-11H,5,12H2,1-4H3,(H,25,27). The van der Waals surface area contributed by atoms with E-state index in [0.717, 1.165) is 0 Å². The van der Waals surface area contributed by atoms with Crippen molar-refractivity contribution in [2.75, 3.05) is 33.2 Å². The third-order valence-electron chi connectivity index (χ3n) is 4.40. The summed E-state index contributed by atoms with van der Waals surface area (Å²) in [7, 11) is 4.28. The van der Waals surface area contributed by atoms with Gasteiger partial charge in [-0.2, -0.15) is 13.2 Å². The number of anilines is 1. The van der Waals surface area contributed by atoms with E-state index in [0.29, 0.717) is 33.4 Å². The fourth-order valence-corrected chi connectivity index (χ4v) is 2.89. The minimum absolute atomic E-state index is 0.111. The Kier molecular flexibility index (Phi) is 7.73. The topological polar surface area (TPSA) is 77.1 Å². The molecule has 0 bridgehead atoms. The number of amides is 2. The highest BCUT2D eigenvalue weighted by molar-refractivity contribution is 6.05. The lowest BCUT2D eigenvalue weighted by Crippen LogP contribution is -2.40. The van der Waals surface area contributed by atoms with Gasteiger partial charge in [0.2, 0.25) is 5.75 Å². The van der Waals surface area contributed by atoms with Gasteiger partial charge in [-0.3, -0.25) is 9.59 Å². The van der Waals surface area contributed by atoms with Crippen molar-refractivity contribution in [2.45, 2.75) is 19.6 Å². The van der Waals surface area contributed by atoms with Crippen LogP contribution in [0.1, 0.15) is 22.8 Å². The van der Waals surface area contributed by atoms with Crippen LogP contribution in [-0.4, -0.2) is 50.8 Å². The number of methoxy groups -OCH3 is 3. The van der Waals surface area contributed by atoms with Crippen LogP contribution in [-0.2, 0) is 11.3 Å². The smallest absolute Gasteiger partial charge is 0.471 e. The first-order chi connectivity index (χ1) is 14.6. The van der Waals surface area contributed by atoms with Crippen LogP contribution in [0.3, 0.4) is 0 Å². The molecule has 0 atom stereocenters. The van der Waals surface area contributed by atoms with Crippen molar-refractivity contribution in [3.8, 4) is 17.2 Å². The number of rotatable bonds is 8.